The van der Waals surface area contributed by atoms with Crippen molar-refractivity contribution in [2.24, 2.45) is 5.92 Å². The van der Waals surface area contributed by atoms with Crippen LogP contribution in [0.4, 0.5) is 5.00 Å². The Morgan fingerprint density at radius 1 is 1.42 bits per heavy atom. The fourth-order valence-electron chi connectivity index (χ4n) is 2.75. The Balaban J connectivity index is 1.61. The minimum atomic E-state index is 0.675. The van der Waals surface area contributed by atoms with Crippen molar-refractivity contribution in [3.63, 3.8) is 0 Å². The number of anilines is 1. The summed E-state index contributed by atoms with van der Waals surface area (Å²) in [6, 6.07) is 9.03. The van der Waals surface area contributed by atoms with E-state index in [1.807, 2.05) is 6.07 Å². The first-order valence-corrected chi connectivity index (χ1v) is 7.83. The van der Waals surface area contributed by atoms with Crippen molar-refractivity contribution in [2.45, 2.75) is 26.3 Å². The number of hydrogen-bond donors (Lipinski definition) is 1. The molecule has 102 valence electrons. The topological polar surface area (TPSA) is 28.2 Å². The summed E-state index contributed by atoms with van der Waals surface area (Å²) in [5, 5.41) is 6.08. The maximum Gasteiger partial charge on any atom is 0.117 e. The van der Waals surface area contributed by atoms with E-state index in [1.54, 1.807) is 11.5 Å². The predicted molar refractivity (Wildman–Crippen MR) is 82.9 cm³/mol. The molecule has 2 aromatic rings. The van der Waals surface area contributed by atoms with Gasteiger partial charge < -0.3 is 10.2 Å². The second-order valence-corrected chi connectivity index (χ2v) is 6.43. The van der Waals surface area contributed by atoms with Gasteiger partial charge in [-0.05, 0) is 56.4 Å². The second-order valence-electron chi connectivity index (χ2n) is 5.65. The van der Waals surface area contributed by atoms with Crippen LogP contribution in [0.15, 0.2) is 24.3 Å². The van der Waals surface area contributed by atoms with E-state index in [0.29, 0.717) is 6.04 Å². The zero-order valence-corrected chi connectivity index (χ0v) is 12.4. The Kier molecular flexibility index (Phi) is 3.71. The van der Waals surface area contributed by atoms with Crippen LogP contribution in [0.25, 0.3) is 10.9 Å². The standard InChI is InChI=1S/C15H21N3S/c1-11(2)18-8-7-12(10-18)9-16-15-13-5-3-4-6-14(13)17-19-15/h3-6,11-12,16H,7-10H2,1-2H3. The molecule has 1 N–H and O–H groups in total. The molecule has 1 saturated heterocycles. The summed E-state index contributed by atoms with van der Waals surface area (Å²) in [4.78, 5) is 2.57. The van der Waals surface area contributed by atoms with Crippen molar-refractivity contribution in [3.05, 3.63) is 24.3 Å². The number of nitrogens with zero attached hydrogens (tertiary/aromatic N) is 2. The summed E-state index contributed by atoms with van der Waals surface area (Å²) in [7, 11) is 0. The predicted octanol–water partition coefficient (Wildman–Crippen LogP) is 3.44. The van der Waals surface area contributed by atoms with Gasteiger partial charge in [0.1, 0.15) is 5.00 Å². The zero-order valence-electron chi connectivity index (χ0n) is 11.6. The van der Waals surface area contributed by atoms with Crippen molar-refractivity contribution in [2.75, 3.05) is 25.0 Å². The number of hydrogen-bond acceptors (Lipinski definition) is 4. The first-order chi connectivity index (χ1) is 9.24. The third-order valence-electron chi connectivity index (χ3n) is 3.98. The van der Waals surface area contributed by atoms with E-state index < -0.39 is 0 Å². The molecule has 1 atom stereocenters. The van der Waals surface area contributed by atoms with Crippen LogP contribution in [0.2, 0.25) is 0 Å². The lowest BCUT2D eigenvalue weighted by atomic mass is 10.1. The molecule has 0 bridgehead atoms. The molecule has 3 nitrogen and oxygen atoms in total. The van der Waals surface area contributed by atoms with Gasteiger partial charge in [0, 0.05) is 24.5 Å². The van der Waals surface area contributed by atoms with Crippen molar-refractivity contribution in [3.8, 4) is 0 Å². The number of rotatable bonds is 4. The first-order valence-electron chi connectivity index (χ1n) is 7.06. The quantitative estimate of drug-likeness (QED) is 0.926. The molecule has 0 spiro atoms. The van der Waals surface area contributed by atoms with Crippen LogP contribution < -0.4 is 5.32 Å². The molecule has 1 aliphatic heterocycles. The Morgan fingerprint density at radius 2 is 2.26 bits per heavy atom. The maximum absolute atomic E-state index is 4.48. The molecular weight excluding hydrogens is 254 g/mol. The SMILES string of the molecule is CC(C)N1CCC(CNc2snc3ccccc23)C1. The fourth-order valence-corrected chi connectivity index (χ4v) is 3.52. The molecule has 2 heterocycles. The van der Waals surface area contributed by atoms with Crippen molar-refractivity contribution >= 4 is 27.4 Å². The lowest BCUT2D eigenvalue weighted by molar-refractivity contribution is 0.266. The molecule has 19 heavy (non-hydrogen) atoms. The average molecular weight is 275 g/mol. The summed E-state index contributed by atoms with van der Waals surface area (Å²) < 4.78 is 4.48. The van der Waals surface area contributed by atoms with E-state index >= 15 is 0 Å². The average Bonchev–Trinajstić information content (AvgIpc) is 3.03. The van der Waals surface area contributed by atoms with E-state index in [0.717, 1.165) is 18.0 Å². The largest absolute Gasteiger partial charge is 0.375 e. The highest BCUT2D eigenvalue weighted by atomic mass is 32.1. The summed E-state index contributed by atoms with van der Waals surface area (Å²) in [5.74, 6) is 0.767. The van der Waals surface area contributed by atoms with Gasteiger partial charge in [-0.1, -0.05) is 12.1 Å². The van der Waals surface area contributed by atoms with Gasteiger partial charge in [-0.3, -0.25) is 0 Å². The van der Waals surface area contributed by atoms with Gasteiger partial charge >= 0.3 is 0 Å². The highest BCUT2D eigenvalue weighted by molar-refractivity contribution is 7.11. The Morgan fingerprint density at radius 3 is 3.05 bits per heavy atom. The highest BCUT2D eigenvalue weighted by Gasteiger charge is 2.24. The third kappa shape index (κ3) is 2.74. The molecule has 1 aliphatic rings. The molecule has 0 saturated carbocycles. The molecule has 4 heteroatoms. The molecular formula is C15H21N3S. The van der Waals surface area contributed by atoms with E-state index in [4.69, 9.17) is 0 Å². The van der Waals surface area contributed by atoms with E-state index in [1.165, 1.54) is 29.9 Å². The van der Waals surface area contributed by atoms with Crippen LogP contribution in [0, 0.1) is 5.92 Å². The Labute approximate surface area is 118 Å². The summed E-state index contributed by atoms with van der Waals surface area (Å²) in [5.41, 5.74) is 1.10. The summed E-state index contributed by atoms with van der Waals surface area (Å²) >= 11 is 1.58. The first kappa shape index (κ1) is 12.9. The molecule has 3 rings (SSSR count). The molecule has 1 aromatic heterocycles. The van der Waals surface area contributed by atoms with Crippen LogP contribution in [0.1, 0.15) is 20.3 Å². The minimum Gasteiger partial charge on any atom is -0.375 e. The lowest BCUT2D eigenvalue weighted by Gasteiger charge is -2.20. The normalized spacial score (nSPS) is 20.5. The van der Waals surface area contributed by atoms with Gasteiger partial charge in [-0.25, -0.2) is 0 Å². The molecule has 0 amide bonds. The van der Waals surface area contributed by atoms with Gasteiger partial charge in [-0.15, -0.1) is 0 Å². The molecule has 0 aliphatic carbocycles. The van der Waals surface area contributed by atoms with Crippen LogP contribution in [-0.2, 0) is 0 Å². The van der Waals surface area contributed by atoms with Crippen molar-refractivity contribution in [1.29, 1.82) is 0 Å². The fraction of sp³-hybridized carbons (Fsp3) is 0.533. The maximum atomic E-state index is 4.48. The van der Waals surface area contributed by atoms with Crippen LogP contribution in [-0.4, -0.2) is 34.9 Å². The van der Waals surface area contributed by atoms with E-state index in [2.05, 4.69) is 46.6 Å². The molecule has 1 unspecified atom stereocenters. The van der Waals surface area contributed by atoms with Crippen LogP contribution >= 0.6 is 11.5 Å². The van der Waals surface area contributed by atoms with Gasteiger partial charge in [0.05, 0.1) is 5.52 Å². The zero-order chi connectivity index (χ0) is 13.2. The van der Waals surface area contributed by atoms with Gasteiger partial charge in [0.15, 0.2) is 0 Å². The second kappa shape index (κ2) is 5.47. The van der Waals surface area contributed by atoms with Crippen LogP contribution in [0.3, 0.4) is 0 Å². The Hall–Kier alpha value is -1.13. The highest BCUT2D eigenvalue weighted by Crippen LogP contribution is 2.28. The number of fused-ring (bicyclic) bond motifs is 1. The number of likely N-dealkylation sites (tertiary alicyclic amines) is 1. The lowest BCUT2D eigenvalue weighted by Crippen LogP contribution is -2.29. The molecule has 0 radical (unpaired) electrons. The van der Waals surface area contributed by atoms with Crippen molar-refractivity contribution < 1.29 is 0 Å². The van der Waals surface area contributed by atoms with Gasteiger partial charge in [0.25, 0.3) is 0 Å². The molecule has 1 aromatic carbocycles. The number of aromatic nitrogens is 1. The monoisotopic (exact) mass is 275 g/mol. The summed E-state index contributed by atoms with van der Waals surface area (Å²) in [6.45, 7) is 8.10. The minimum absolute atomic E-state index is 0.675. The van der Waals surface area contributed by atoms with Crippen molar-refractivity contribution in [1.82, 2.24) is 9.27 Å². The van der Waals surface area contributed by atoms with E-state index in [9.17, 15) is 0 Å². The Bertz CT molecular complexity index is 549. The summed E-state index contributed by atoms with van der Waals surface area (Å²) in [6.07, 6.45) is 1.31. The number of benzene rings is 1. The van der Waals surface area contributed by atoms with E-state index in [-0.39, 0.29) is 0 Å². The smallest absolute Gasteiger partial charge is 0.117 e. The van der Waals surface area contributed by atoms with Gasteiger partial charge in [-0.2, -0.15) is 4.37 Å². The number of nitrogens with one attached hydrogen (secondary N) is 1. The third-order valence-corrected chi connectivity index (χ3v) is 4.82. The van der Waals surface area contributed by atoms with Crippen LogP contribution in [0.5, 0.6) is 0 Å². The van der Waals surface area contributed by atoms with Gasteiger partial charge in [0.2, 0.25) is 0 Å². The molecule has 1 fully saturated rings.